The van der Waals surface area contributed by atoms with Gasteiger partial charge in [0.25, 0.3) is 0 Å². The molecule has 1 aromatic rings. The summed E-state index contributed by atoms with van der Waals surface area (Å²) < 4.78 is 2.01. The van der Waals surface area contributed by atoms with Gasteiger partial charge >= 0.3 is 0 Å². The van der Waals surface area contributed by atoms with Gasteiger partial charge in [0, 0.05) is 24.4 Å². The second-order valence-electron chi connectivity index (χ2n) is 4.57. The maximum atomic E-state index is 4.14. The Morgan fingerprint density at radius 2 is 2.13 bits per heavy atom. The molecule has 2 aliphatic rings. The fourth-order valence-corrected chi connectivity index (χ4v) is 3.89. The summed E-state index contributed by atoms with van der Waals surface area (Å²) in [5.41, 5.74) is 0. The van der Waals surface area contributed by atoms with E-state index in [-0.39, 0.29) is 0 Å². The molecule has 82 valence electrons. The zero-order valence-electron chi connectivity index (χ0n) is 8.89. The molecule has 15 heavy (non-hydrogen) atoms. The fourth-order valence-electron chi connectivity index (χ4n) is 2.63. The molecule has 0 aromatic carbocycles. The third kappa shape index (κ3) is 1.90. The van der Waals surface area contributed by atoms with Crippen LogP contribution in [-0.4, -0.2) is 32.1 Å². The number of aromatic nitrogens is 3. The summed E-state index contributed by atoms with van der Waals surface area (Å²) in [5, 5.41) is 13.5. The topological polar surface area (TPSA) is 42.7 Å². The van der Waals surface area contributed by atoms with Gasteiger partial charge < -0.3 is 9.88 Å². The fraction of sp³-hybridized carbons (Fsp3) is 0.800. The number of rotatable bonds is 2. The number of piperidine rings is 1. The Hall–Kier alpha value is -0.550. The average Bonchev–Trinajstić information content (AvgIpc) is 2.75. The van der Waals surface area contributed by atoms with E-state index in [2.05, 4.69) is 15.5 Å². The van der Waals surface area contributed by atoms with Crippen LogP contribution in [0.25, 0.3) is 0 Å². The van der Waals surface area contributed by atoms with Gasteiger partial charge in [-0.1, -0.05) is 11.8 Å². The Morgan fingerprint density at radius 1 is 1.40 bits per heavy atom. The molecule has 2 bridgehead atoms. The number of aryl methyl sites for hydroxylation is 1. The number of hydrogen-bond donors (Lipinski definition) is 1. The van der Waals surface area contributed by atoms with Gasteiger partial charge in [-0.15, -0.1) is 10.2 Å². The molecule has 2 saturated heterocycles. The summed E-state index contributed by atoms with van der Waals surface area (Å²) >= 11 is 1.89. The van der Waals surface area contributed by atoms with Crippen molar-refractivity contribution in [2.45, 2.75) is 48.2 Å². The predicted octanol–water partition coefficient (Wildman–Crippen LogP) is 1.19. The number of nitrogens with zero attached hydrogens (tertiary/aromatic N) is 3. The van der Waals surface area contributed by atoms with Gasteiger partial charge in [-0.25, -0.2) is 0 Å². The van der Waals surface area contributed by atoms with Crippen molar-refractivity contribution in [2.24, 2.45) is 7.05 Å². The van der Waals surface area contributed by atoms with E-state index in [0.29, 0.717) is 0 Å². The van der Waals surface area contributed by atoms with E-state index in [0.717, 1.165) is 22.5 Å². The van der Waals surface area contributed by atoms with Gasteiger partial charge in [-0.3, -0.25) is 0 Å². The van der Waals surface area contributed by atoms with Crippen molar-refractivity contribution < 1.29 is 0 Å². The molecule has 2 fully saturated rings. The van der Waals surface area contributed by atoms with Gasteiger partial charge in [-0.2, -0.15) is 0 Å². The average molecular weight is 224 g/mol. The highest BCUT2D eigenvalue weighted by Gasteiger charge is 2.34. The maximum Gasteiger partial charge on any atom is 0.191 e. The minimum atomic E-state index is 0.728. The molecule has 0 spiro atoms. The number of fused-ring (bicyclic) bond motifs is 2. The van der Waals surface area contributed by atoms with E-state index in [9.17, 15) is 0 Å². The molecule has 3 atom stereocenters. The Labute approximate surface area is 93.8 Å². The minimum absolute atomic E-state index is 0.728. The van der Waals surface area contributed by atoms with Crippen LogP contribution in [0.4, 0.5) is 0 Å². The molecule has 4 nitrogen and oxygen atoms in total. The van der Waals surface area contributed by atoms with Crippen LogP contribution >= 0.6 is 11.8 Å². The lowest BCUT2D eigenvalue weighted by Crippen LogP contribution is -2.39. The van der Waals surface area contributed by atoms with Crippen LogP contribution in [0.2, 0.25) is 0 Å². The lowest BCUT2D eigenvalue weighted by Gasteiger charge is -2.28. The molecule has 0 aliphatic carbocycles. The highest BCUT2D eigenvalue weighted by Crippen LogP contribution is 2.35. The van der Waals surface area contributed by atoms with E-state index in [4.69, 9.17) is 0 Å². The molecule has 0 amide bonds. The molecule has 5 heteroatoms. The van der Waals surface area contributed by atoms with Gasteiger partial charge in [0.15, 0.2) is 5.16 Å². The van der Waals surface area contributed by atoms with E-state index >= 15 is 0 Å². The van der Waals surface area contributed by atoms with E-state index in [1.807, 2.05) is 23.4 Å². The first-order valence-electron chi connectivity index (χ1n) is 5.58. The van der Waals surface area contributed by atoms with Crippen molar-refractivity contribution in [3.8, 4) is 0 Å². The van der Waals surface area contributed by atoms with Crippen LogP contribution in [0.15, 0.2) is 11.5 Å². The van der Waals surface area contributed by atoms with Crippen LogP contribution in [-0.2, 0) is 7.05 Å². The van der Waals surface area contributed by atoms with Crippen molar-refractivity contribution in [1.29, 1.82) is 0 Å². The second kappa shape index (κ2) is 3.79. The minimum Gasteiger partial charge on any atom is -0.312 e. The van der Waals surface area contributed by atoms with Crippen molar-refractivity contribution in [3.63, 3.8) is 0 Å². The standard InChI is InChI=1S/C10H16N4S/c1-14-6-11-13-10(14)15-9-4-7-2-3-8(5-9)12-7/h6-9,12H,2-5H2,1H3/t7-,8+,9?. The largest absolute Gasteiger partial charge is 0.312 e. The van der Waals surface area contributed by atoms with Crippen molar-refractivity contribution in [2.75, 3.05) is 0 Å². The first-order valence-corrected chi connectivity index (χ1v) is 6.46. The van der Waals surface area contributed by atoms with E-state index < -0.39 is 0 Å². The molecule has 1 unspecified atom stereocenters. The third-order valence-corrected chi connectivity index (χ3v) is 4.67. The Balaban J connectivity index is 1.67. The Morgan fingerprint density at radius 3 is 2.73 bits per heavy atom. The van der Waals surface area contributed by atoms with Crippen LogP contribution in [0.1, 0.15) is 25.7 Å². The summed E-state index contributed by atoms with van der Waals surface area (Å²) in [6, 6.07) is 1.52. The Bertz CT molecular complexity index is 339. The lowest BCUT2D eigenvalue weighted by molar-refractivity contribution is 0.414. The molecule has 3 rings (SSSR count). The van der Waals surface area contributed by atoms with Crippen LogP contribution in [0, 0.1) is 0 Å². The summed E-state index contributed by atoms with van der Waals surface area (Å²) in [6.45, 7) is 0. The van der Waals surface area contributed by atoms with Crippen LogP contribution < -0.4 is 5.32 Å². The third-order valence-electron chi connectivity index (χ3n) is 3.37. The van der Waals surface area contributed by atoms with E-state index in [1.54, 1.807) is 6.33 Å². The normalized spacial score (nSPS) is 34.6. The molecular formula is C10H16N4S. The van der Waals surface area contributed by atoms with Crippen LogP contribution in [0.5, 0.6) is 0 Å². The molecule has 2 aliphatic heterocycles. The summed E-state index contributed by atoms with van der Waals surface area (Å²) in [4.78, 5) is 0. The second-order valence-corrected chi connectivity index (χ2v) is 5.84. The molecule has 1 N–H and O–H groups in total. The van der Waals surface area contributed by atoms with Crippen molar-refractivity contribution in [3.05, 3.63) is 6.33 Å². The molecule has 0 saturated carbocycles. The van der Waals surface area contributed by atoms with Gasteiger partial charge in [-0.05, 0) is 25.7 Å². The molecule has 0 radical (unpaired) electrons. The van der Waals surface area contributed by atoms with Gasteiger partial charge in [0.05, 0.1) is 0 Å². The summed E-state index contributed by atoms with van der Waals surface area (Å²) in [7, 11) is 2.01. The monoisotopic (exact) mass is 224 g/mol. The SMILES string of the molecule is Cn1cnnc1SC1C[C@H]2CC[C@@H](C1)N2. The maximum absolute atomic E-state index is 4.14. The quantitative estimate of drug-likeness (QED) is 0.819. The first-order chi connectivity index (χ1) is 7.31. The molecular weight excluding hydrogens is 208 g/mol. The van der Waals surface area contributed by atoms with E-state index in [1.165, 1.54) is 25.7 Å². The van der Waals surface area contributed by atoms with Gasteiger partial charge in [0.2, 0.25) is 0 Å². The number of nitrogens with one attached hydrogen (secondary N) is 1. The predicted molar refractivity (Wildman–Crippen MR) is 59.8 cm³/mol. The number of thioether (sulfide) groups is 1. The summed E-state index contributed by atoms with van der Waals surface area (Å²) in [5.74, 6) is 0. The first kappa shape index (κ1) is 9.66. The number of hydrogen-bond acceptors (Lipinski definition) is 4. The van der Waals surface area contributed by atoms with Crippen molar-refractivity contribution >= 4 is 11.8 Å². The van der Waals surface area contributed by atoms with Crippen molar-refractivity contribution in [1.82, 2.24) is 20.1 Å². The molecule has 3 heterocycles. The molecule has 1 aromatic heterocycles. The lowest BCUT2D eigenvalue weighted by atomic mass is 10.1. The smallest absolute Gasteiger partial charge is 0.191 e. The zero-order valence-corrected chi connectivity index (χ0v) is 9.70. The van der Waals surface area contributed by atoms with Gasteiger partial charge in [0.1, 0.15) is 6.33 Å². The summed E-state index contributed by atoms with van der Waals surface area (Å²) in [6.07, 6.45) is 7.07. The van der Waals surface area contributed by atoms with Crippen LogP contribution in [0.3, 0.4) is 0 Å². The zero-order chi connectivity index (χ0) is 10.3. The highest BCUT2D eigenvalue weighted by molar-refractivity contribution is 7.99. The Kier molecular flexibility index (Phi) is 2.44. The highest BCUT2D eigenvalue weighted by atomic mass is 32.2.